The largest absolute Gasteiger partial charge is 0.497 e. The van der Waals surface area contributed by atoms with Crippen LogP contribution in [0.3, 0.4) is 0 Å². The lowest BCUT2D eigenvalue weighted by molar-refractivity contribution is 0.403. The molecule has 0 bridgehead atoms. The van der Waals surface area contributed by atoms with E-state index in [0.29, 0.717) is 20.8 Å². The van der Waals surface area contributed by atoms with Gasteiger partial charge < -0.3 is 10.1 Å². The Morgan fingerprint density at radius 2 is 1.86 bits per heavy atom. The second-order valence-corrected chi connectivity index (χ2v) is 6.56. The summed E-state index contributed by atoms with van der Waals surface area (Å²) in [7, 11) is 1.35. The molecule has 0 spiro atoms. The third-order valence-electron chi connectivity index (χ3n) is 2.98. The van der Waals surface area contributed by atoms with Crippen molar-refractivity contribution in [2.24, 2.45) is 0 Å². The summed E-state index contributed by atoms with van der Waals surface area (Å²) in [5.41, 5.74) is 0.450. The first kappa shape index (κ1) is 16.5. The van der Waals surface area contributed by atoms with E-state index in [9.17, 15) is 8.78 Å². The highest BCUT2D eigenvalue weighted by atomic mass is 35.5. The summed E-state index contributed by atoms with van der Waals surface area (Å²) in [5, 5.41) is 3.03. The number of ether oxygens (including phenoxy) is 1. The Labute approximate surface area is 135 Å². The van der Waals surface area contributed by atoms with E-state index < -0.39 is 17.7 Å². The van der Waals surface area contributed by atoms with Gasteiger partial charge >= 0.3 is 0 Å². The number of rotatable bonds is 5. The van der Waals surface area contributed by atoms with Gasteiger partial charge in [-0.1, -0.05) is 30.1 Å². The molecule has 1 atom stereocenters. The fraction of sp³-hybridized carbons (Fsp3) is 0.286. The van der Waals surface area contributed by atoms with Gasteiger partial charge in [0.15, 0.2) is 0 Å². The number of benzene rings is 1. The van der Waals surface area contributed by atoms with Crippen LogP contribution in [0, 0.1) is 11.6 Å². The average molecular weight is 352 g/mol. The molecule has 21 heavy (non-hydrogen) atoms. The molecule has 0 amide bonds. The zero-order chi connectivity index (χ0) is 15.6. The van der Waals surface area contributed by atoms with E-state index in [1.165, 1.54) is 7.11 Å². The van der Waals surface area contributed by atoms with Gasteiger partial charge in [-0.2, -0.15) is 0 Å². The van der Waals surface area contributed by atoms with E-state index in [0.717, 1.165) is 23.5 Å². The van der Waals surface area contributed by atoms with Crippen LogP contribution in [-0.2, 0) is 0 Å². The molecule has 0 fully saturated rings. The lowest BCUT2D eigenvalue weighted by Crippen LogP contribution is -2.24. The summed E-state index contributed by atoms with van der Waals surface area (Å²) >= 11 is 13.2. The molecule has 7 heteroatoms. The summed E-state index contributed by atoms with van der Waals surface area (Å²) in [6, 6.07) is 3.19. The lowest BCUT2D eigenvalue weighted by Gasteiger charge is -2.20. The van der Waals surface area contributed by atoms with E-state index in [2.05, 4.69) is 5.32 Å². The summed E-state index contributed by atoms with van der Waals surface area (Å²) in [6.07, 6.45) is 0. The van der Waals surface area contributed by atoms with E-state index in [-0.39, 0.29) is 11.3 Å². The molecule has 0 saturated carbocycles. The predicted molar refractivity (Wildman–Crippen MR) is 82.8 cm³/mol. The molecule has 2 nitrogen and oxygen atoms in total. The molecule has 1 N–H and O–H groups in total. The van der Waals surface area contributed by atoms with Crippen LogP contribution in [0.15, 0.2) is 18.2 Å². The van der Waals surface area contributed by atoms with Gasteiger partial charge in [-0.05, 0) is 12.6 Å². The minimum atomic E-state index is -0.711. The van der Waals surface area contributed by atoms with Crippen molar-refractivity contribution in [3.05, 3.63) is 49.6 Å². The Kier molecular flexibility index (Phi) is 5.43. The van der Waals surface area contributed by atoms with Crippen molar-refractivity contribution in [2.45, 2.75) is 13.0 Å². The Balaban J connectivity index is 2.55. The molecule has 1 aromatic heterocycles. The number of nitrogens with one attached hydrogen (secondary N) is 1. The van der Waals surface area contributed by atoms with Crippen LogP contribution in [0.1, 0.15) is 24.1 Å². The van der Waals surface area contributed by atoms with Gasteiger partial charge in [0.1, 0.15) is 17.4 Å². The Morgan fingerprint density at radius 1 is 1.24 bits per heavy atom. The molecule has 1 unspecified atom stereocenters. The maximum atomic E-state index is 14.3. The Morgan fingerprint density at radius 3 is 2.29 bits per heavy atom. The first-order chi connectivity index (χ1) is 9.97. The number of halogens is 4. The number of hydrogen-bond donors (Lipinski definition) is 1. The van der Waals surface area contributed by atoms with Crippen molar-refractivity contribution in [2.75, 3.05) is 13.7 Å². The third-order valence-corrected chi connectivity index (χ3v) is 4.50. The van der Waals surface area contributed by atoms with Crippen LogP contribution in [-0.4, -0.2) is 13.7 Å². The standard InChI is InChI=1S/C14H13Cl2F2NOS/c1-3-19-13(8-6-11(15)21-14(8)16)12-9(17)4-7(20-2)5-10(12)18/h4-6,13,19H,3H2,1-2H3. The quantitative estimate of drug-likeness (QED) is 0.814. The molecule has 1 heterocycles. The molecular weight excluding hydrogens is 339 g/mol. The minimum absolute atomic E-state index is 0.103. The molecule has 0 aliphatic rings. The first-order valence-electron chi connectivity index (χ1n) is 6.19. The monoisotopic (exact) mass is 351 g/mol. The van der Waals surface area contributed by atoms with Gasteiger partial charge in [-0.15, -0.1) is 11.3 Å². The first-order valence-corrected chi connectivity index (χ1v) is 7.76. The van der Waals surface area contributed by atoms with Crippen LogP contribution < -0.4 is 10.1 Å². The number of hydrogen-bond acceptors (Lipinski definition) is 3. The average Bonchev–Trinajstić information content (AvgIpc) is 2.75. The van der Waals surface area contributed by atoms with Gasteiger partial charge in [0.05, 0.1) is 21.8 Å². The topological polar surface area (TPSA) is 21.3 Å². The second-order valence-electron chi connectivity index (χ2n) is 4.27. The van der Waals surface area contributed by atoms with E-state index in [1.54, 1.807) is 6.07 Å². The van der Waals surface area contributed by atoms with Crippen LogP contribution in [0.5, 0.6) is 5.75 Å². The smallest absolute Gasteiger partial charge is 0.134 e. The number of thiophene rings is 1. The Bertz CT molecular complexity index is 625. The van der Waals surface area contributed by atoms with E-state index in [1.807, 2.05) is 6.92 Å². The zero-order valence-electron chi connectivity index (χ0n) is 11.3. The predicted octanol–water partition coefficient (Wildman–Crippen LogP) is 5.04. The highest BCUT2D eigenvalue weighted by Crippen LogP contribution is 2.39. The minimum Gasteiger partial charge on any atom is -0.497 e. The molecule has 0 aliphatic carbocycles. The highest BCUT2D eigenvalue weighted by Gasteiger charge is 2.25. The van der Waals surface area contributed by atoms with Gasteiger partial charge in [0.2, 0.25) is 0 Å². The highest BCUT2D eigenvalue weighted by molar-refractivity contribution is 7.20. The van der Waals surface area contributed by atoms with Crippen molar-refractivity contribution >= 4 is 34.5 Å². The second kappa shape index (κ2) is 6.92. The molecule has 0 radical (unpaired) electrons. The molecule has 1 aromatic carbocycles. The summed E-state index contributed by atoms with van der Waals surface area (Å²) in [6.45, 7) is 2.35. The van der Waals surface area contributed by atoms with Gasteiger partial charge in [-0.25, -0.2) is 8.78 Å². The summed E-state index contributed by atoms with van der Waals surface area (Å²) < 4.78 is 34.3. The lowest BCUT2D eigenvalue weighted by atomic mass is 9.99. The molecule has 0 aliphatic heterocycles. The van der Waals surface area contributed by atoms with Gasteiger partial charge in [0, 0.05) is 23.3 Å². The van der Waals surface area contributed by atoms with Crippen LogP contribution >= 0.6 is 34.5 Å². The van der Waals surface area contributed by atoms with E-state index in [4.69, 9.17) is 27.9 Å². The third kappa shape index (κ3) is 3.48. The van der Waals surface area contributed by atoms with Gasteiger partial charge in [0.25, 0.3) is 0 Å². The summed E-state index contributed by atoms with van der Waals surface area (Å²) in [5.74, 6) is -1.27. The van der Waals surface area contributed by atoms with Crippen LogP contribution in [0.25, 0.3) is 0 Å². The van der Waals surface area contributed by atoms with E-state index >= 15 is 0 Å². The van der Waals surface area contributed by atoms with Crippen molar-refractivity contribution in [3.63, 3.8) is 0 Å². The fourth-order valence-corrected chi connectivity index (χ4v) is 3.61. The van der Waals surface area contributed by atoms with Crippen LogP contribution in [0.4, 0.5) is 8.78 Å². The zero-order valence-corrected chi connectivity index (χ0v) is 13.7. The van der Waals surface area contributed by atoms with Crippen molar-refractivity contribution in [3.8, 4) is 5.75 Å². The molecule has 114 valence electrons. The normalized spacial score (nSPS) is 12.5. The van der Waals surface area contributed by atoms with Crippen molar-refractivity contribution < 1.29 is 13.5 Å². The van der Waals surface area contributed by atoms with Crippen LogP contribution in [0.2, 0.25) is 8.67 Å². The Hall–Kier alpha value is -0.880. The molecule has 2 rings (SSSR count). The maximum absolute atomic E-state index is 14.3. The van der Waals surface area contributed by atoms with Gasteiger partial charge in [-0.3, -0.25) is 0 Å². The summed E-state index contributed by atoms with van der Waals surface area (Å²) in [4.78, 5) is 0. The molecular formula is C14H13Cl2F2NOS. The molecule has 2 aromatic rings. The molecule has 0 saturated heterocycles. The van der Waals surface area contributed by atoms with Crippen molar-refractivity contribution in [1.82, 2.24) is 5.32 Å². The van der Waals surface area contributed by atoms with Crippen molar-refractivity contribution in [1.29, 1.82) is 0 Å². The fourth-order valence-electron chi connectivity index (χ4n) is 2.08. The maximum Gasteiger partial charge on any atom is 0.134 e. The number of methoxy groups -OCH3 is 1. The SMILES string of the molecule is CCNC(c1cc(Cl)sc1Cl)c1c(F)cc(OC)cc1F.